The highest BCUT2D eigenvalue weighted by Crippen LogP contribution is 2.41. The molecule has 180 valence electrons. The summed E-state index contributed by atoms with van der Waals surface area (Å²) < 4.78 is 13.7. The molecule has 0 bridgehead atoms. The molecule has 2 heterocycles. The van der Waals surface area contributed by atoms with E-state index in [-0.39, 0.29) is 11.2 Å². The summed E-state index contributed by atoms with van der Waals surface area (Å²) in [7, 11) is 1.61. The molecule has 1 aliphatic rings. The van der Waals surface area contributed by atoms with Gasteiger partial charge in [-0.25, -0.2) is 4.79 Å². The summed E-state index contributed by atoms with van der Waals surface area (Å²) >= 11 is 0. The van der Waals surface area contributed by atoms with Gasteiger partial charge in [-0.3, -0.25) is 4.79 Å². The average molecular weight is 464 g/mol. The number of fused-ring (bicyclic) bond motifs is 2. The Balaban J connectivity index is 2.01. The molecule has 2 aromatic carbocycles. The minimum absolute atomic E-state index is 0.183. The monoisotopic (exact) mass is 463 g/mol. The number of pyridine rings is 1. The minimum atomic E-state index is -1.31. The van der Waals surface area contributed by atoms with Gasteiger partial charge in [0.2, 0.25) is 0 Å². The minimum Gasteiger partial charge on any atom is -0.487 e. The molecule has 2 unspecified atom stereocenters. The van der Waals surface area contributed by atoms with Crippen molar-refractivity contribution in [2.45, 2.75) is 71.2 Å². The first-order valence-electron chi connectivity index (χ1n) is 11.8. The summed E-state index contributed by atoms with van der Waals surface area (Å²) in [5, 5.41) is 11.4. The Labute approximate surface area is 200 Å². The van der Waals surface area contributed by atoms with Crippen molar-refractivity contribution in [2.75, 3.05) is 0 Å². The van der Waals surface area contributed by atoms with E-state index in [1.807, 2.05) is 51.1 Å². The van der Waals surface area contributed by atoms with Crippen LogP contribution >= 0.6 is 0 Å². The molecule has 6 nitrogen and oxygen atoms in total. The quantitative estimate of drug-likeness (QED) is 0.530. The van der Waals surface area contributed by atoms with Gasteiger partial charge in [0.15, 0.2) is 6.10 Å². The first kappa shape index (κ1) is 24.0. The summed E-state index contributed by atoms with van der Waals surface area (Å²) in [5.41, 5.74) is 1.79. The number of aryl methyl sites for hydroxylation is 1. The van der Waals surface area contributed by atoms with E-state index in [4.69, 9.17) is 9.47 Å². The zero-order chi connectivity index (χ0) is 24.8. The highest BCUT2D eigenvalue weighted by Gasteiger charge is 2.34. The van der Waals surface area contributed by atoms with Crippen molar-refractivity contribution in [2.24, 2.45) is 7.05 Å². The molecular weight excluding hydrogens is 430 g/mol. The van der Waals surface area contributed by atoms with Gasteiger partial charge in [0, 0.05) is 18.0 Å². The molecule has 3 aromatic rings. The molecule has 2 atom stereocenters. The van der Waals surface area contributed by atoms with Crippen LogP contribution in [-0.2, 0) is 23.0 Å². The largest absolute Gasteiger partial charge is 0.487 e. The van der Waals surface area contributed by atoms with Crippen LogP contribution in [0.3, 0.4) is 0 Å². The normalized spacial score (nSPS) is 18.9. The van der Waals surface area contributed by atoms with Crippen LogP contribution < -0.4 is 10.3 Å². The molecule has 0 amide bonds. The summed E-state index contributed by atoms with van der Waals surface area (Å²) in [4.78, 5) is 25.7. The second-order valence-corrected chi connectivity index (χ2v) is 10.3. The summed E-state index contributed by atoms with van der Waals surface area (Å²) in [5.74, 6) is -0.280. The van der Waals surface area contributed by atoms with Crippen molar-refractivity contribution in [1.29, 1.82) is 0 Å². The number of aliphatic carboxylic acids is 1. The number of carbonyl (C=O) groups is 1. The second kappa shape index (κ2) is 8.58. The molecule has 0 saturated heterocycles. The van der Waals surface area contributed by atoms with Gasteiger partial charge in [-0.2, -0.15) is 0 Å². The third-order valence-corrected chi connectivity index (χ3v) is 6.67. The lowest BCUT2D eigenvalue weighted by Gasteiger charge is -2.35. The molecule has 4 rings (SSSR count). The number of carboxylic acid groups (broad SMARTS) is 1. The van der Waals surface area contributed by atoms with E-state index >= 15 is 0 Å². The van der Waals surface area contributed by atoms with E-state index in [9.17, 15) is 14.7 Å². The zero-order valence-electron chi connectivity index (χ0n) is 20.8. The van der Waals surface area contributed by atoms with E-state index in [1.54, 1.807) is 13.1 Å². The van der Waals surface area contributed by atoms with Crippen molar-refractivity contribution in [3.05, 3.63) is 64.1 Å². The SMILES string of the molecule is CCC1(C)CCc2cc(-c3c(C(OC(C)(C)C)C(=O)O)n(C)c(=O)c4ccccc34)ccc2O1. The maximum Gasteiger partial charge on any atom is 0.339 e. The van der Waals surface area contributed by atoms with Gasteiger partial charge in [0.05, 0.1) is 11.3 Å². The van der Waals surface area contributed by atoms with Crippen molar-refractivity contribution in [3.63, 3.8) is 0 Å². The van der Waals surface area contributed by atoms with E-state index in [1.165, 1.54) is 4.57 Å². The number of hydrogen-bond acceptors (Lipinski definition) is 4. The maximum absolute atomic E-state index is 13.3. The molecule has 0 aliphatic carbocycles. The van der Waals surface area contributed by atoms with E-state index in [0.29, 0.717) is 22.0 Å². The number of nitrogens with zero attached hydrogens (tertiary/aromatic N) is 1. The van der Waals surface area contributed by atoms with Crippen LogP contribution in [-0.4, -0.2) is 26.8 Å². The highest BCUT2D eigenvalue weighted by atomic mass is 16.5. The van der Waals surface area contributed by atoms with Crippen LogP contribution in [0.1, 0.15) is 64.8 Å². The third kappa shape index (κ3) is 4.34. The Kier molecular flexibility index (Phi) is 6.06. The second-order valence-electron chi connectivity index (χ2n) is 10.3. The van der Waals surface area contributed by atoms with Crippen LogP contribution in [0.15, 0.2) is 47.3 Å². The van der Waals surface area contributed by atoms with Gasteiger partial charge in [-0.15, -0.1) is 0 Å². The van der Waals surface area contributed by atoms with Gasteiger partial charge < -0.3 is 19.1 Å². The molecule has 0 saturated carbocycles. The lowest BCUT2D eigenvalue weighted by molar-refractivity contribution is -0.161. The van der Waals surface area contributed by atoms with Crippen LogP contribution in [0.5, 0.6) is 5.75 Å². The van der Waals surface area contributed by atoms with Gasteiger partial charge >= 0.3 is 5.97 Å². The highest BCUT2D eigenvalue weighted by molar-refractivity contribution is 5.99. The predicted octanol–water partition coefficient (Wildman–Crippen LogP) is 5.64. The van der Waals surface area contributed by atoms with Crippen molar-refractivity contribution in [1.82, 2.24) is 4.57 Å². The fraction of sp³-hybridized carbons (Fsp3) is 0.429. The number of rotatable bonds is 5. The third-order valence-electron chi connectivity index (χ3n) is 6.67. The van der Waals surface area contributed by atoms with Gasteiger partial charge in [-0.05, 0) is 81.7 Å². The number of ether oxygens (including phenoxy) is 2. The van der Waals surface area contributed by atoms with Gasteiger partial charge in [0.1, 0.15) is 11.4 Å². The van der Waals surface area contributed by atoms with Crippen LogP contribution in [0.2, 0.25) is 0 Å². The molecule has 6 heteroatoms. The number of carboxylic acids is 1. The molecule has 1 N–H and O–H groups in total. The zero-order valence-corrected chi connectivity index (χ0v) is 20.8. The first-order chi connectivity index (χ1) is 15.9. The lowest BCUT2D eigenvalue weighted by Crippen LogP contribution is -2.35. The fourth-order valence-corrected chi connectivity index (χ4v) is 4.66. The van der Waals surface area contributed by atoms with E-state index < -0.39 is 17.7 Å². The average Bonchev–Trinajstić information content (AvgIpc) is 2.79. The summed E-state index contributed by atoms with van der Waals surface area (Å²) in [6, 6.07) is 13.3. The molecule has 34 heavy (non-hydrogen) atoms. The Morgan fingerprint density at radius 1 is 1.21 bits per heavy atom. The number of aromatic nitrogens is 1. The van der Waals surface area contributed by atoms with Crippen LogP contribution in [0, 0.1) is 0 Å². The standard InChI is InChI=1S/C28H33NO5/c1-7-28(5)15-14-17-16-18(12-13-21(17)33-28)22-19-10-8-9-11-20(19)25(30)29(6)23(22)24(26(31)32)34-27(2,3)4/h8-13,16,24H,7,14-15H2,1-6H3,(H,31,32). The smallest absolute Gasteiger partial charge is 0.339 e. The predicted molar refractivity (Wildman–Crippen MR) is 133 cm³/mol. The Morgan fingerprint density at radius 2 is 1.88 bits per heavy atom. The van der Waals surface area contributed by atoms with Gasteiger partial charge in [0.25, 0.3) is 5.56 Å². The number of hydrogen-bond donors (Lipinski definition) is 1. The Hall–Kier alpha value is -3.12. The van der Waals surface area contributed by atoms with E-state index in [2.05, 4.69) is 19.9 Å². The molecule has 1 aromatic heterocycles. The molecule has 0 fully saturated rings. The van der Waals surface area contributed by atoms with Crippen molar-refractivity contribution in [3.8, 4) is 16.9 Å². The number of benzene rings is 2. The Bertz CT molecular complexity index is 1320. The van der Waals surface area contributed by atoms with Crippen LogP contribution in [0.4, 0.5) is 0 Å². The van der Waals surface area contributed by atoms with Gasteiger partial charge in [-0.1, -0.05) is 31.2 Å². The fourth-order valence-electron chi connectivity index (χ4n) is 4.66. The van der Waals surface area contributed by atoms with Crippen molar-refractivity contribution >= 4 is 16.7 Å². The van der Waals surface area contributed by atoms with Crippen molar-refractivity contribution < 1.29 is 19.4 Å². The Morgan fingerprint density at radius 3 is 2.50 bits per heavy atom. The lowest BCUT2D eigenvalue weighted by atomic mass is 9.88. The first-order valence-corrected chi connectivity index (χ1v) is 11.8. The topological polar surface area (TPSA) is 77.8 Å². The molecule has 0 spiro atoms. The molecule has 1 aliphatic heterocycles. The summed E-state index contributed by atoms with van der Waals surface area (Å²) in [6.45, 7) is 9.68. The van der Waals surface area contributed by atoms with E-state index in [0.717, 1.165) is 36.1 Å². The summed E-state index contributed by atoms with van der Waals surface area (Å²) in [6.07, 6.45) is 1.39. The molecular formula is C28H33NO5. The maximum atomic E-state index is 13.3. The van der Waals surface area contributed by atoms with Crippen LogP contribution in [0.25, 0.3) is 21.9 Å². The molecule has 0 radical (unpaired) electrons.